The molecule has 174 valence electrons. The fourth-order valence-electron chi connectivity index (χ4n) is 3.20. The number of carbonyl (C=O) groups is 1. The maximum absolute atomic E-state index is 11.1. The molecule has 32 heavy (non-hydrogen) atoms. The molecule has 2 aromatic rings. The Morgan fingerprint density at radius 3 is 2.31 bits per heavy atom. The fourth-order valence-corrected chi connectivity index (χ4v) is 3.20. The van der Waals surface area contributed by atoms with Crippen molar-refractivity contribution in [3.8, 4) is 11.5 Å². The summed E-state index contributed by atoms with van der Waals surface area (Å²) in [7, 11) is 0. The average molecular weight is 441 g/mol. The molecule has 0 heterocycles. The number of nitrogens with zero attached hydrogens (tertiary/aromatic N) is 1. The van der Waals surface area contributed by atoms with E-state index in [4.69, 9.17) is 14.5 Å². The zero-order chi connectivity index (χ0) is 23.3. The lowest BCUT2D eigenvalue weighted by molar-refractivity contribution is -0.114. The number of aliphatic imine (C=N–C) groups is 1. The zero-order valence-corrected chi connectivity index (χ0v) is 19.8. The van der Waals surface area contributed by atoms with Crippen molar-refractivity contribution in [3.63, 3.8) is 0 Å². The molecule has 0 fully saturated rings. The molecule has 1 atom stereocenters. The Bertz CT molecular complexity index is 881. The van der Waals surface area contributed by atoms with Crippen LogP contribution in [0.3, 0.4) is 0 Å². The first kappa shape index (κ1) is 25.0. The second kappa shape index (κ2) is 13.2. The van der Waals surface area contributed by atoms with E-state index in [1.807, 2.05) is 63.2 Å². The summed E-state index contributed by atoms with van der Waals surface area (Å²) in [4.78, 5) is 15.9. The Morgan fingerprint density at radius 2 is 1.69 bits per heavy atom. The van der Waals surface area contributed by atoms with Gasteiger partial charge < -0.3 is 25.4 Å². The van der Waals surface area contributed by atoms with Crippen LogP contribution in [0.4, 0.5) is 5.69 Å². The normalized spacial score (nSPS) is 12.1. The maximum atomic E-state index is 11.1. The molecule has 0 aliphatic heterocycles. The van der Waals surface area contributed by atoms with Crippen molar-refractivity contribution in [2.24, 2.45) is 4.99 Å². The van der Waals surface area contributed by atoms with Gasteiger partial charge in [-0.15, -0.1) is 0 Å². The van der Waals surface area contributed by atoms with Crippen molar-refractivity contribution < 1.29 is 14.3 Å². The molecule has 0 radical (unpaired) electrons. The van der Waals surface area contributed by atoms with Gasteiger partial charge in [0, 0.05) is 25.7 Å². The fraction of sp³-hybridized carbons (Fsp3) is 0.440. The molecule has 3 N–H and O–H groups in total. The van der Waals surface area contributed by atoms with Gasteiger partial charge in [-0.25, -0.2) is 0 Å². The van der Waals surface area contributed by atoms with Crippen molar-refractivity contribution in [1.82, 2.24) is 10.6 Å². The van der Waals surface area contributed by atoms with Crippen LogP contribution in [-0.4, -0.2) is 38.2 Å². The molecule has 0 saturated heterocycles. The summed E-state index contributed by atoms with van der Waals surface area (Å²) in [6.45, 7) is 12.2. The molecule has 0 aromatic heterocycles. The van der Waals surface area contributed by atoms with E-state index >= 15 is 0 Å². The molecular weight excluding hydrogens is 404 g/mol. The van der Waals surface area contributed by atoms with Crippen molar-refractivity contribution >= 4 is 17.6 Å². The lowest BCUT2D eigenvalue weighted by Gasteiger charge is -2.20. The summed E-state index contributed by atoms with van der Waals surface area (Å²) in [6.07, 6.45) is 0.808. The Kier molecular flexibility index (Phi) is 10.4. The van der Waals surface area contributed by atoms with E-state index in [0.717, 1.165) is 41.7 Å². The summed E-state index contributed by atoms with van der Waals surface area (Å²) >= 11 is 0. The van der Waals surface area contributed by atoms with Crippen LogP contribution in [0.5, 0.6) is 11.5 Å². The first-order valence-corrected chi connectivity index (χ1v) is 11.3. The molecule has 7 heteroatoms. The summed E-state index contributed by atoms with van der Waals surface area (Å²) in [6, 6.07) is 13.9. The van der Waals surface area contributed by atoms with Crippen molar-refractivity contribution in [3.05, 3.63) is 53.6 Å². The maximum Gasteiger partial charge on any atom is 0.221 e. The minimum atomic E-state index is -0.0706. The third-order valence-electron chi connectivity index (χ3n) is 4.71. The predicted octanol–water partition coefficient (Wildman–Crippen LogP) is 4.30. The van der Waals surface area contributed by atoms with Crippen LogP contribution < -0.4 is 25.4 Å². The molecule has 7 nitrogen and oxygen atoms in total. The Morgan fingerprint density at radius 1 is 1.00 bits per heavy atom. The van der Waals surface area contributed by atoms with E-state index in [9.17, 15) is 4.79 Å². The topological polar surface area (TPSA) is 84.0 Å². The van der Waals surface area contributed by atoms with Crippen molar-refractivity contribution in [1.29, 1.82) is 0 Å². The third kappa shape index (κ3) is 8.13. The number of rotatable bonds is 11. The molecule has 2 aromatic carbocycles. The van der Waals surface area contributed by atoms with E-state index < -0.39 is 0 Å². The van der Waals surface area contributed by atoms with E-state index in [0.29, 0.717) is 19.8 Å². The highest BCUT2D eigenvalue weighted by Crippen LogP contribution is 2.30. The van der Waals surface area contributed by atoms with E-state index in [1.54, 1.807) is 0 Å². The zero-order valence-electron chi connectivity index (χ0n) is 19.8. The van der Waals surface area contributed by atoms with Gasteiger partial charge in [0.1, 0.15) is 0 Å². The smallest absolute Gasteiger partial charge is 0.221 e. The molecule has 0 aliphatic carbocycles. The number of benzene rings is 2. The minimum Gasteiger partial charge on any atom is -0.490 e. The second-order valence-corrected chi connectivity index (χ2v) is 7.33. The lowest BCUT2D eigenvalue weighted by atomic mass is 10.1. The quantitative estimate of drug-likeness (QED) is 0.358. The van der Waals surface area contributed by atoms with Gasteiger partial charge in [0.25, 0.3) is 0 Å². The molecule has 1 amide bonds. The number of ether oxygens (including phenoxy) is 2. The van der Waals surface area contributed by atoms with Gasteiger partial charge in [0.2, 0.25) is 5.91 Å². The van der Waals surface area contributed by atoms with E-state index in [1.165, 1.54) is 12.5 Å². The van der Waals surface area contributed by atoms with Crippen LogP contribution in [0.15, 0.2) is 47.5 Å². The van der Waals surface area contributed by atoms with Gasteiger partial charge in [0.05, 0.1) is 19.3 Å². The lowest BCUT2D eigenvalue weighted by Crippen LogP contribution is -2.38. The number of amides is 1. The third-order valence-corrected chi connectivity index (χ3v) is 4.71. The van der Waals surface area contributed by atoms with Gasteiger partial charge in [-0.3, -0.25) is 9.79 Å². The van der Waals surface area contributed by atoms with Gasteiger partial charge >= 0.3 is 0 Å². The van der Waals surface area contributed by atoms with Gasteiger partial charge in [-0.1, -0.05) is 18.2 Å². The standard InChI is InChI=1S/C25H36N4O3/c1-6-26-25(27-16-15-20-9-12-22(13-10-20)29-19(5)30)28-18(4)21-11-14-23(31-7-2)24(17-21)32-8-3/h9-14,17-18H,6-8,15-16H2,1-5H3,(H,29,30)(H2,26,27,28). The van der Waals surface area contributed by atoms with Crippen molar-refractivity contribution in [2.45, 2.75) is 47.1 Å². The highest BCUT2D eigenvalue weighted by atomic mass is 16.5. The SMILES string of the molecule is CCNC(=NCCc1ccc(NC(C)=O)cc1)NC(C)c1ccc(OCC)c(OCC)c1. The van der Waals surface area contributed by atoms with E-state index in [-0.39, 0.29) is 11.9 Å². The molecule has 0 bridgehead atoms. The van der Waals surface area contributed by atoms with Crippen LogP contribution in [-0.2, 0) is 11.2 Å². The number of hydrogen-bond donors (Lipinski definition) is 3. The second-order valence-electron chi connectivity index (χ2n) is 7.33. The highest BCUT2D eigenvalue weighted by molar-refractivity contribution is 5.88. The number of guanidine groups is 1. The number of hydrogen-bond acceptors (Lipinski definition) is 4. The number of carbonyl (C=O) groups excluding carboxylic acids is 1. The van der Waals surface area contributed by atoms with Crippen LogP contribution in [0.2, 0.25) is 0 Å². The molecule has 0 saturated carbocycles. The first-order valence-electron chi connectivity index (χ1n) is 11.3. The number of anilines is 1. The predicted molar refractivity (Wildman–Crippen MR) is 131 cm³/mol. The Balaban J connectivity index is 2.01. The van der Waals surface area contributed by atoms with Gasteiger partial charge in [-0.05, 0) is 69.5 Å². The monoisotopic (exact) mass is 440 g/mol. The molecular formula is C25H36N4O3. The molecule has 0 aliphatic rings. The van der Waals surface area contributed by atoms with Crippen LogP contribution in [0.1, 0.15) is 51.8 Å². The van der Waals surface area contributed by atoms with E-state index in [2.05, 4.69) is 22.9 Å². The summed E-state index contributed by atoms with van der Waals surface area (Å²) in [5, 5.41) is 9.55. The highest BCUT2D eigenvalue weighted by Gasteiger charge is 2.12. The Hall–Kier alpha value is -3.22. The van der Waals surface area contributed by atoms with Gasteiger partial charge in [-0.2, -0.15) is 0 Å². The largest absolute Gasteiger partial charge is 0.490 e. The molecule has 2 rings (SSSR count). The first-order chi connectivity index (χ1) is 15.5. The van der Waals surface area contributed by atoms with Crippen LogP contribution in [0, 0.1) is 0 Å². The average Bonchev–Trinajstić information content (AvgIpc) is 2.76. The van der Waals surface area contributed by atoms with Gasteiger partial charge in [0.15, 0.2) is 17.5 Å². The van der Waals surface area contributed by atoms with Crippen molar-refractivity contribution in [2.75, 3.05) is 31.6 Å². The number of nitrogens with one attached hydrogen (secondary N) is 3. The minimum absolute atomic E-state index is 0.0413. The van der Waals surface area contributed by atoms with Crippen LogP contribution >= 0.6 is 0 Å². The molecule has 1 unspecified atom stereocenters. The molecule has 0 spiro atoms. The summed E-state index contributed by atoms with van der Waals surface area (Å²) < 4.78 is 11.4. The Labute approximate surface area is 191 Å². The van der Waals surface area contributed by atoms with Crippen LogP contribution in [0.25, 0.3) is 0 Å². The summed E-state index contributed by atoms with van der Waals surface area (Å²) in [5.74, 6) is 2.21. The summed E-state index contributed by atoms with van der Waals surface area (Å²) in [5.41, 5.74) is 3.06.